The van der Waals surface area contributed by atoms with Crippen molar-refractivity contribution in [2.45, 2.75) is 45.2 Å². The van der Waals surface area contributed by atoms with Gasteiger partial charge in [-0.05, 0) is 38.3 Å². The van der Waals surface area contributed by atoms with E-state index in [4.69, 9.17) is 0 Å². The zero-order valence-electron chi connectivity index (χ0n) is 15.6. The normalized spacial score (nSPS) is 16.3. The number of carbonyl (C=O) groups excluding carboxylic acids is 1. The summed E-state index contributed by atoms with van der Waals surface area (Å²) >= 11 is 0. The number of para-hydroxylation sites is 1. The number of aromatic nitrogens is 4. The second-order valence-corrected chi connectivity index (χ2v) is 7.09. The highest BCUT2D eigenvalue weighted by Crippen LogP contribution is 2.31. The van der Waals surface area contributed by atoms with Gasteiger partial charge in [-0.3, -0.25) is 18.8 Å². The van der Waals surface area contributed by atoms with Gasteiger partial charge in [0.25, 0.3) is 5.56 Å². The maximum absolute atomic E-state index is 12.5. The van der Waals surface area contributed by atoms with Gasteiger partial charge in [-0.1, -0.05) is 12.1 Å². The molecular weight excluding hydrogens is 342 g/mol. The third kappa shape index (κ3) is 3.25. The number of benzene rings is 1. The quantitative estimate of drug-likeness (QED) is 0.767. The largest absolute Gasteiger partial charge is 0.349 e. The van der Waals surface area contributed by atoms with Crippen molar-refractivity contribution in [1.82, 2.24) is 24.6 Å². The molecule has 1 amide bonds. The van der Waals surface area contributed by atoms with Crippen LogP contribution in [-0.2, 0) is 24.8 Å². The van der Waals surface area contributed by atoms with Gasteiger partial charge in [-0.15, -0.1) is 0 Å². The predicted octanol–water partition coefficient (Wildman–Crippen LogP) is 2.02. The van der Waals surface area contributed by atoms with Crippen LogP contribution in [0.25, 0.3) is 10.9 Å². The van der Waals surface area contributed by atoms with Crippen LogP contribution in [0.4, 0.5) is 0 Å². The SMILES string of the molecule is Cc1nn(C)c2c1C(NC(=O)CCn1cnc3ccccc3c1=O)CCC2. The van der Waals surface area contributed by atoms with E-state index in [1.165, 1.54) is 16.6 Å². The lowest BCUT2D eigenvalue weighted by Gasteiger charge is -2.24. The van der Waals surface area contributed by atoms with Gasteiger partial charge in [0.1, 0.15) is 0 Å². The molecule has 0 saturated heterocycles. The van der Waals surface area contributed by atoms with Crippen LogP contribution >= 0.6 is 0 Å². The summed E-state index contributed by atoms with van der Waals surface area (Å²) in [5.74, 6) is -0.0591. The third-order valence-corrected chi connectivity index (χ3v) is 5.29. The zero-order chi connectivity index (χ0) is 19.0. The van der Waals surface area contributed by atoms with E-state index in [1.807, 2.05) is 36.9 Å². The van der Waals surface area contributed by atoms with E-state index < -0.39 is 0 Å². The minimum Gasteiger partial charge on any atom is -0.349 e. The summed E-state index contributed by atoms with van der Waals surface area (Å²) < 4.78 is 3.42. The molecule has 0 bridgehead atoms. The first kappa shape index (κ1) is 17.5. The number of aryl methyl sites for hydroxylation is 3. The Morgan fingerprint density at radius 1 is 1.33 bits per heavy atom. The molecule has 1 unspecified atom stereocenters. The summed E-state index contributed by atoms with van der Waals surface area (Å²) in [5, 5.41) is 8.20. The van der Waals surface area contributed by atoms with Crippen LogP contribution in [0.2, 0.25) is 0 Å². The van der Waals surface area contributed by atoms with Gasteiger partial charge in [0, 0.05) is 31.3 Å². The van der Waals surface area contributed by atoms with Gasteiger partial charge in [0.2, 0.25) is 5.91 Å². The summed E-state index contributed by atoms with van der Waals surface area (Å²) in [5.41, 5.74) is 3.90. The van der Waals surface area contributed by atoms with Crippen molar-refractivity contribution in [2.24, 2.45) is 7.05 Å². The first-order valence-corrected chi connectivity index (χ1v) is 9.30. The predicted molar refractivity (Wildman–Crippen MR) is 102 cm³/mol. The summed E-state index contributed by atoms with van der Waals surface area (Å²) in [6.45, 7) is 2.30. The lowest BCUT2D eigenvalue weighted by molar-refractivity contribution is -0.122. The van der Waals surface area contributed by atoms with E-state index in [-0.39, 0.29) is 23.9 Å². The first-order valence-electron chi connectivity index (χ1n) is 9.30. The summed E-state index contributed by atoms with van der Waals surface area (Å²) in [6.07, 6.45) is 4.71. The van der Waals surface area contributed by atoms with Gasteiger partial charge in [-0.25, -0.2) is 4.98 Å². The van der Waals surface area contributed by atoms with Gasteiger partial charge in [0.15, 0.2) is 0 Å². The molecule has 1 N–H and O–H groups in total. The Bertz CT molecular complexity index is 1070. The third-order valence-electron chi connectivity index (χ3n) is 5.29. The Labute approximate surface area is 157 Å². The Morgan fingerprint density at radius 3 is 3.00 bits per heavy atom. The van der Waals surface area contributed by atoms with Crippen LogP contribution < -0.4 is 10.9 Å². The Morgan fingerprint density at radius 2 is 2.15 bits per heavy atom. The minimum absolute atomic E-state index is 0.00130. The molecule has 7 nitrogen and oxygen atoms in total. The van der Waals surface area contributed by atoms with Gasteiger partial charge < -0.3 is 5.32 Å². The van der Waals surface area contributed by atoms with E-state index in [0.29, 0.717) is 17.4 Å². The Hall–Kier alpha value is -2.96. The van der Waals surface area contributed by atoms with E-state index in [0.717, 1.165) is 30.5 Å². The highest BCUT2D eigenvalue weighted by atomic mass is 16.2. The minimum atomic E-state index is -0.114. The van der Waals surface area contributed by atoms with Crippen molar-refractivity contribution in [1.29, 1.82) is 0 Å². The molecule has 27 heavy (non-hydrogen) atoms. The van der Waals surface area contributed by atoms with Crippen LogP contribution in [0.5, 0.6) is 0 Å². The highest BCUT2D eigenvalue weighted by Gasteiger charge is 2.27. The fourth-order valence-corrected chi connectivity index (χ4v) is 3.99. The number of rotatable bonds is 4. The summed E-state index contributed by atoms with van der Waals surface area (Å²) in [4.78, 5) is 29.3. The molecule has 4 rings (SSSR count). The molecule has 3 aromatic rings. The molecule has 1 atom stereocenters. The van der Waals surface area contributed by atoms with Crippen molar-refractivity contribution in [2.75, 3.05) is 0 Å². The molecule has 0 aliphatic heterocycles. The number of amides is 1. The van der Waals surface area contributed by atoms with Crippen LogP contribution in [0, 0.1) is 6.92 Å². The smallest absolute Gasteiger partial charge is 0.261 e. The molecule has 0 radical (unpaired) electrons. The Kier molecular flexibility index (Phi) is 4.51. The second kappa shape index (κ2) is 6.98. The zero-order valence-corrected chi connectivity index (χ0v) is 15.6. The Balaban J connectivity index is 1.46. The molecule has 7 heteroatoms. The maximum Gasteiger partial charge on any atom is 0.261 e. The number of hydrogen-bond acceptors (Lipinski definition) is 4. The van der Waals surface area contributed by atoms with E-state index in [2.05, 4.69) is 15.4 Å². The number of carbonyl (C=O) groups is 1. The number of nitrogens with one attached hydrogen (secondary N) is 1. The number of fused-ring (bicyclic) bond motifs is 2. The molecule has 1 aliphatic rings. The van der Waals surface area contributed by atoms with Crippen LogP contribution in [0.3, 0.4) is 0 Å². The average molecular weight is 365 g/mol. The maximum atomic E-state index is 12.5. The molecule has 0 spiro atoms. The van der Waals surface area contributed by atoms with Crippen molar-refractivity contribution < 1.29 is 4.79 Å². The number of hydrogen-bond donors (Lipinski definition) is 1. The lowest BCUT2D eigenvalue weighted by Crippen LogP contribution is -2.32. The molecule has 1 aromatic carbocycles. The average Bonchev–Trinajstić information content (AvgIpc) is 2.96. The standard InChI is InChI=1S/C20H23N5O2/c1-13-19-16(8-5-9-17(19)24(2)23-13)22-18(26)10-11-25-12-21-15-7-4-3-6-14(15)20(25)27/h3-4,6-7,12,16H,5,8-11H2,1-2H3,(H,22,26). The van der Waals surface area contributed by atoms with Gasteiger partial charge >= 0.3 is 0 Å². The molecule has 2 aromatic heterocycles. The fourth-order valence-electron chi connectivity index (χ4n) is 3.99. The highest BCUT2D eigenvalue weighted by molar-refractivity contribution is 5.77. The van der Waals surface area contributed by atoms with Gasteiger partial charge in [0.05, 0.1) is 29.0 Å². The van der Waals surface area contributed by atoms with E-state index in [9.17, 15) is 9.59 Å². The van der Waals surface area contributed by atoms with Crippen molar-refractivity contribution in [3.63, 3.8) is 0 Å². The van der Waals surface area contributed by atoms with E-state index in [1.54, 1.807) is 6.07 Å². The van der Waals surface area contributed by atoms with E-state index >= 15 is 0 Å². The van der Waals surface area contributed by atoms with Crippen LogP contribution in [0.15, 0.2) is 35.4 Å². The van der Waals surface area contributed by atoms with Crippen molar-refractivity contribution >= 4 is 16.8 Å². The molecule has 1 aliphatic carbocycles. The van der Waals surface area contributed by atoms with Crippen LogP contribution in [-0.4, -0.2) is 25.2 Å². The van der Waals surface area contributed by atoms with Crippen molar-refractivity contribution in [3.05, 3.63) is 57.9 Å². The second-order valence-electron chi connectivity index (χ2n) is 7.09. The topological polar surface area (TPSA) is 81.8 Å². The summed E-state index contributed by atoms with van der Waals surface area (Å²) in [6, 6.07) is 7.24. The molecule has 0 saturated carbocycles. The lowest BCUT2D eigenvalue weighted by atomic mass is 9.91. The first-order chi connectivity index (χ1) is 13.0. The molecule has 2 heterocycles. The molecule has 0 fully saturated rings. The number of nitrogens with zero attached hydrogens (tertiary/aromatic N) is 4. The van der Waals surface area contributed by atoms with Crippen molar-refractivity contribution in [3.8, 4) is 0 Å². The fraction of sp³-hybridized carbons (Fsp3) is 0.400. The van der Waals surface area contributed by atoms with Gasteiger partial charge in [-0.2, -0.15) is 5.10 Å². The molecular formula is C20H23N5O2. The molecule has 140 valence electrons. The van der Waals surface area contributed by atoms with Crippen LogP contribution in [0.1, 0.15) is 42.3 Å². The summed E-state index contributed by atoms with van der Waals surface area (Å²) in [7, 11) is 1.95. The monoisotopic (exact) mass is 365 g/mol.